The van der Waals surface area contributed by atoms with Crippen molar-refractivity contribution in [1.82, 2.24) is 0 Å². The van der Waals surface area contributed by atoms with Crippen LogP contribution in [0.25, 0.3) is 10.2 Å². The van der Waals surface area contributed by atoms with Gasteiger partial charge in [-0.2, -0.15) is 4.57 Å². The Morgan fingerprint density at radius 2 is 1.18 bits per heavy atom. The summed E-state index contributed by atoms with van der Waals surface area (Å²) in [4.78, 5) is 0. The number of nitrogens with zero attached hydrogens (tertiary/aromatic N) is 1. The summed E-state index contributed by atoms with van der Waals surface area (Å²) in [5, 5.41) is 0. The van der Waals surface area contributed by atoms with Gasteiger partial charge in [0.25, 0.3) is 0 Å². The second kappa shape index (κ2) is 5.74. The number of aromatic nitrogens is 1. The molecule has 1 heterocycles. The lowest BCUT2D eigenvalue weighted by molar-refractivity contribution is -0.675. The molecule has 0 aliphatic heterocycles. The SMILES string of the molecule is c1ccc(C(c2ccccc2)[n+]2csc3ccccc32)cc1. The molecule has 0 saturated carbocycles. The molecule has 4 rings (SSSR count). The van der Waals surface area contributed by atoms with E-state index in [1.807, 2.05) is 0 Å². The Morgan fingerprint density at radius 1 is 0.636 bits per heavy atom. The number of para-hydroxylation sites is 1. The monoisotopic (exact) mass is 302 g/mol. The Bertz CT molecular complexity index is 842. The summed E-state index contributed by atoms with van der Waals surface area (Å²) in [5.41, 5.74) is 6.13. The molecule has 1 nitrogen and oxygen atoms in total. The number of rotatable bonds is 3. The maximum Gasteiger partial charge on any atom is 0.226 e. The van der Waals surface area contributed by atoms with Gasteiger partial charge in [-0.25, -0.2) is 0 Å². The molecule has 0 amide bonds. The summed E-state index contributed by atoms with van der Waals surface area (Å²) in [7, 11) is 0. The van der Waals surface area contributed by atoms with Gasteiger partial charge in [-0.3, -0.25) is 0 Å². The minimum atomic E-state index is 0.207. The third-order valence-electron chi connectivity index (χ3n) is 3.95. The standard InChI is InChI=1S/C20H16NS/c1-3-9-16(10-4-1)20(17-11-5-2-6-12-17)21-15-22-19-14-8-7-13-18(19)21/h1-15,20H/q+1. The van der Waals surface area contributed by atoms with E-state index in [2.05, 4.69) is 95.0 Å². The summed E-state index contributed by atoms with van der Waals surface area (Å²) < 4.78 is 3.70. The molecule has 1 aromatic heterocycles. The Labute approximate surface area is 134 Å². The number of fused-ring (bicyclic) bond motifs is 1. The van der Waals surface area contributed by atoms with Crippen LogP contribution in [-0.4, -0.2) is 0 Å². The van der Waals surface area contributed by atoms with E-state index in [0.29, 0.717) is 0 Å². The molecule has 106 valence electrons. The molecule has 0 saturated heterocycles. The summed E-state index contributed by atoms with van der Waals surface area (Å²) in [6.45, 7) is 0. The Balaban J connectivity index is 1.95. The third kappa shape index (κ3) is 2.32. The van der Waals surface area contributed by atoms with Crippen molar-refractivity contribution >= 4 is 21.6 Å². The molecule has 4 aromatic rings. The van der Waals surface area contributed by atoms with Gasteiger partial charge in [0.05, 0.1) is 0 Å². The van der Waals surface area contributed by atoms with E-state index in [1.54, 1.807) is 11.3 Å². The molecule has 0 aliphatic carbocycles. The number of thiazole rings is 1. The molecular formula is C20H16NS+. The first-order valence-electron chi connectivity index (χ1n) is 7.41. The smallest absolute Gasteiger partial charge is 0.177 e. The summed E-state index contributed by atoms with van der Waals surface area (Å²) >= 11 is 1.79. The Morgan fingerprint density at radius 3 is 1.82 bits per heavy atom. The summed E-state index contributed by atoms with van der Waals surface area (Å²) in [6.07, 6.45) is 0. The van der Waals surface area contributed by atoms with E-state index in [1.165, 1.54) is 21.3 Å². The Hall–Kier alpha value is -2.45. The molecule has 2 heteroatoms. The van der Waals surface area contributed by atoms with E-state index < -0.39 is 0 Å². The van der Waals surface area contributed by atoms with Crippen molar-refractivity contribution in [3.05, 3.63) is 102 Å². The zero-order chi connectivity index (χ0) is 14.8. The van der Waals surface area contributed by atoms with Crippen LogP contribution in [0.2, 0.25) is 0 Å². The van der Waals surface area contributed by atoms with Gasteiger partial charge >= 0.3 is 0 Å². The first kappa shape index (κ1) is 13.2. The van der Waals surface area contributed by atoms with Crippen molar-refractivity contribution in [1.29, 1.82) is 0 Å². The third-order valence-corrected chi connectivity index (χ3v) is 4.88. The lowest BCUT2D eigenvalue weighted by atomic mass is 9.98. The lowest BCUT2D eigenvalue weighted by Gasteiger charge is -2.12. The van der Waals surface area contributed by atoms with Gasteiger partial charge < -0.3 is 0 Å². The van der Waals surface area contributed by atoms with Crippen LogP contribution in [0.5, 0.6) is 0 Å². The molecule has 0 atom stereocenters. The average molecular weight is 302 g/mol. The number of benzene rings is 3. The molecule has 0 bridgehead atoms. The summed E-state index contributed by atoms with van der Waals surface area (Å²) in [6, 6.07) is 30.2. The van der Waals surface area contributed by atoms with Crippen LogP contribution in [0.4, 0.5) is 0 Å². The average Bonchev–Trinajstić information content (AvgIpc) is 3.01. The molecule has 0 fully saturated rings. The van der Waals surface area contributed by atoms with E-state index in [4.69, 9.17) is 0 Å². The second-order valence-corrected chi connectivity index (χ2v) is 6.21. The van der Waals surface area contributed by atoms with Crippen molar-refractivity contribution in [2.75, 3.05) is 0 Å². The van der Waals surface area contributed by atoms with Crippen LogP contribution < -0.4 is 4.57 Å². The van der Waals surface area contributed by atoms with Crippen molar-refractivity contribution < 1.29 is 4.57 Å². The maximum atomic E-state index is 2.38. The molecule has 3 aromatic carbocycles. The van der Waals surface area contributed by atoms with Gasteiger partial charge in [0.1, 0.15) is 4.70 Å². The number of hydrogen-bond acceptors (Lipinski definition) is 1. The normalized spacial score (nSPS) is 11.1. The molecule has 0 radical (unpaired) electrons. The van der Waals surface area contributed by atoms with Gasteiger partial charge in [0.15, 0.2) is 0 Å². The first-order valence-corrected chi connectivity index (χ1v) is 8.29. The fraction of sp³-hybridized carbons (Fsp3) is 0.0500. The molecule has 0 spiro atoms. The lowest BCUT2D eigenvalue weighted by Crippen LogP contribution is -2.39. The van der Waals surface area contributed by atoms with Crippen LogP contribution in [-0.2, 0) is 0 Å². The number of hydrogen-bond donors (Lipinski definition) is 0. The summed E-state index contributed by atoms with van der Waals surface area (Å²) in [5.74, 6) is 0. The van der Waals surface area contributed by atoms with Crippen LogP contribution in [0.15, 0.2) is 90.4 Å². The topological polar surface area (TPSA) is 3.88 Å². The zero-order valence-corrected chi connectivity index (χ0v) is 12.9. The molecule has 0 unspecified atom stereocenters. The van der Waals surface area contributed by atoms with Crippen molar-refractivity contribution in [3.63, 3.8) is 0 Å². The molecule has 0 aliphatic rings. The van der Waals surface area contributed by atoms with Crippen LogP contribution in [0.1, 0.15) is 17.2 Å². The Kier molecular flexibility index (Phi) is 3.45. The first-order chi connectivity index (χ1) is 10.9. The maximum absolute atomic E-state index is 2.38. The van der Waals surface area contributed by atoms with Gasteiger partial charge in [-0.15, -0.1) is 0 Å². The van der Waals surface area contributed by atoms with Crippen molar-refractivity contribution in [2.45, 2.75) is 6.04 Å². The van der Waals surface area contributed by atoms with E-state index in [-0.39, 0.29) is 6.04 Å². The van der Waals surface area contributed by atoms with Gasteiger partial charge in [0.2, 0.25) is 17.1 Å². The van der Waals surface area contributed by atoms with Crippen LogP contribution in [0.3, 0.4) is 0 Å². The largest absolute Gasteiger partial charge is 0.226 e. The predicted octanol–water partition coefficient (Wildman–Crippen LogP) is 4.83. The van der Waals surface area contributed by atoms with E-state index in [0.717, 1.165) is 0 Å². The predicted molar refractivity (Wildman–Crippen MR) is 92.1 cm³/mol. The zero-order valence-electron chi connectivity index (χ0n) is 12.1. The van der Waals surface area contributed by atoms with Crippen molar-refractivity contribution in [2.24, 2.45) is 0 Å². The minimum absolute atomic E-state index is 0.207. The van der Waals surface area contributed by atoms with Crippen LogP contribution >= 0.6 is 11.3 Å². The highest BCUT2D eigenvalue weighted by Gasteiger charge is 2.26. The minimum Gasteiger partial charge on any atom is -0.177 e. The highest BCUT2D eigenvalue weighted by atomic mass is 32.1. The van der Waals surface area contributed by atoms with E-state index >= 15 is 0 Å². The quantitative estimate of drug-likeness (QED) is 0.477. The van der Waals surface area contributed by atoms with Gasteiger partial charge in [-0.05, 0) is 6.07 Å². The van der Waals surface area contributed by atoms with Crippen molar-refractivity contribution in [3.8, 4) is 0 Å². The van der Waals surface area contributed by atoms with Gasteiger partial charge in [-0.1, -0.05) is 84.1 Å². The highest BCUT2D eigenvalue weighted by Crippen LogP contribution is 2.25. The fourth-order valence-electron chi connectivity index (χ4n) is 2.92. The molecule has 22 heavy (non-hydrogen) atoms. The molecular weight excluding hydrogens is 286 g/mol. The second-order valence-electron chi connectivity index (χ2n) is 5.32. The van der Waals surface area contributed by atoms with Crippen LogP contribution in [0, 0.1) is 0 Å². The highest BCUT2D eigenvalue weighted by molar-refractivity contribution is 7.16. The van der Waals surface area contributed by atoms with Gasteiger partial charge in [0, 0.05) is 17.2 Å². The fourth-order valence-corrected chi connectivity index (χ4v) is 3.84. The molecule has 0 N–H and O–H groups in total. The van der Waals surface area contributed by atoms with E-state index in [9.17, 15) is 0 Å².